The third-order valence-corrected chi connectivity index (χ3v) is 2.82. The molecule has 0 spiro atoms. The summed E-state index contributed by atoms with van der Waals surface area (Å²) in [5.41, 5.74) is 8.08. The predicted octanol–water partition coefficient (Wildman–Crippen LogP) is 2.58. The molecule has 0 saturated carbocycles. The molecule has 0 aliphatic rings. The molecule has 0 rings (SSSR count). The fourth-order valence-electron chi connectivity index (χ4n) is 1.87. The Morgan fingerprint density at radius 2 is 2.10 bits per heavy atom. The van der Waals surface area contributed by atoms with Crippen LogP contribution in [0.4, 0.5) is 0 Å². The largest absolute Gasteiger partial charge is 0.377 e. The number of nitrogens with one attached hydrogen (secondary N) is 1. The lowest BCUT2D eigenvalue weighted by Gasteiger charge is -2.22. The minimum Gasteiger partial charge on any atom is -0.377 e. The highest BCUT2D eigenvalue weighted by Gasteiger charge is 2.23. The maximum Gasteiger partial charge on any atom is 0.246 e. The molecule has 0 bridgehead atoms. The zero-order valence-electron chi connectivity index (χ0n) is 13.6. The van der Waals surface area contributed by atoms with Crippen LogP contribution in [0.3, 0.4) is 0 Å². The van der Waals surface area contributed by atoms with E-state index in [1.165, 1.54) is 0 Å². The molecule has 0 fully saturated rings. The van der Waals surface area contributed by atoms with E-state index in [0.717, 1.165) is 5.57 Å². The fraction of sp³-hybridized carbons (Fsp3) is 0.562. The van der Waals surface area contributed by atoms with Crippen molar-refractivity contribution in [2.75, 3.05) is 13.7 Å². The number of amides is 1. The molecule has 5 nitrogen and oxygen atoms in total. The van der Waals surface area contributed by atoms with Crippen LogP contribution in [0.25, 0.3) is 0 Å². The van der Waals surface area contributed by atoms with E-state index in [9.17, 15) is 4.79 Å². The summed E-state index contributed by atoms with van der Waals surface area (Å²) in [6.07, 6.45) is 8.00. The third-order valence-electron chi connectivity index (χ3n) is 2.82. The number of hydrogen-bond donors (Lipinski definition) is 3. The molecule has 2 atom stereocenters. The highest BCUT2D eigenvalue weighted by molar-refractivity contribution is 5.77. The van der Waals surface area contributed by atoms with Crippen LogP contribution < -0.4 is 11.2 Å². The first-order chi connectivity index (χ1) is 10.1. The number of carbonyl (C=O) groups excluding carboxylic acids is 1. The third kappa shape index (κ3) is 9.18. The number of allylic oxidation sites excluding steroid dienone is 3. The molecular weight excluding hydrogens is 268 g/mol. The lowest BCUT2D eigenvalue weighted by molar-refractivity contribution is -0.134. The van der Waals surface area contributed by atoms with Crippen LogP contribution in [0.2, 0.25) is 0 Å². The van der Waals surface area contributed by atoms with Crippen molar-refractivity contribution in [1.29, 1.82) is 0 Å². The van der Waals surface area contributed by atoms with E-state index in [0.29, 0.717) is 19.4 Å². The number of methoxy groups -OCH3 is 1. The first-order valence-electron chi connectivity index (χ1n) is 7.26. The summed E-state index contributed by atoms with van der Waals surface area (Å²) in [6, 6.07) is 0. The van der Waals surface area contributed by atoms with Crippen LogP contribution in [0.5, 0.6) is 0 Å². The minimum absolute atomic E-state index is 0.247. The Labute approximate surface area is 128 Å². The molecule has 0 aromatic carbocycles. The molecule has 21 heavy (non-hydrogen) atoms. The molecule has 2 unspecified atom stereocenters. The summed E-state index contributed by atoms with van der Waals surface area (Å²) in [6.45, 7) is 9.94. The van der Waals surface area contributed by atoms with Gasteiger partial charge in [-0.1, -0.05) is 44.7 Å². The Morgan fingerprint density at radius 3 is 2.48 bits per heavy atom. The number of nitrogens with two attached hydrogens (primary N) is 1. The Kier molecular flexibility index (Phi) is 15.6. The van der Waals surface area contributed by atoms with Gasteiger partial charge < -0.3 is 10.5 Å². The summed E-state index contributed by atoms with van der Waals surface area (Å²) in [7, 11) is 1.58. The number of hydrogen-bond acceptors (Lipinski definition) is 4. The van der Waals surface area contributed by atoms with Crippen molar-refractivity contribution in [1.82, 2.24) is 5.48 Å². The van der Waals surface area contributed by atoms with Gasteiger partial charge in [0.15, 0.2) is 0 Å². The quantitative estimate of drug-likeness (QED) is 0.347. The van der Waals surface area contributed by atoms with Crippen LogP contribution in [0.15, 0.2) is 36.5 Å². The van der Waals surface area contributed by atoms with E-state index in [-0.39, 0.29) is 6.10 Å². The first kappa shape index (κ1) is 21.9. The zero-order chi connectivity index (χ0) is 16.7. The van der Waals surface area contributed by atoms with Gasteiger partial charge in [0.25, 0.3) is 0 Å². The van der Waals surface area contributed by atoms with Crippen molar-refractivity contribution >= 4 is 5.91 Å². The van der Waals surface area contributed by atoms with E-state index in [4.69, 9.17) is 15.7 Å². The van der Waals surface area contributed by atoms with E-state index in [2.05, 4.69) is 6.58 Å². The van der Waals surface area contributed by atoms with Crippen molar-refractivity contribution in [3.05, 3.63) is 36.5 Å². The molecule has 0 saturated heterocycles. The van der Waals surface area contributed by atoms with Crippen molar-refractivity contribution in [2.24, 2.45) is 11.7 Å². The molecule has 0 aliphatic carbocycles. The molecule has 0 aromatic rings. The van der Waals surface area contributed by atoms with E-state index in [1.54, 1.807) is 18.7 Å². The smallest absolute Gasteiger partial charge is 0.246 e. The van der Waals surface area contributed by atoms with Crippen molar-refractivity contribution in [3.63, 3.8) is 0 Å². The van der Waals surface area contributed by atoms with Crippen LogP contribution in [0, 0.1) is 5.92 Å². The maximum atomic E-state index is 11.6. The molecule has 1 amide bonds. The average molecular weight is 298 g/mol. The normalized spacial score (nSPS) is 14.1. The van der Waals surface area contributed by atoms with Crippen LogP contribution in [-0.2, 0) is 9.53 Å². The second-order valence-electron chi connectivity index (χ2n) is 4.11. The van der Waals surface area contributed by atoms with E-state index < -0.39 is 11.8 Å². The van der Waals surface area contributed by atoms with E-state index in [1.807, 2.05) is 39.0 Å². The number of hydroxylamine groups is 1. The van der Waals surface area contributed by atoms with Crippen LogP contribution in [0.1, 0.15) is 33.6 Å². The van der Waals surface area contributed by atoms with Gasteiger partial charge in [0, 0.05) is 13.0 Å². The Balaban J connectivity index is 0. The molecule has 0 aliphatic heterocycles. The SMILES string of the molecule is C=C/C=C(\C=C/C)C(CC(CCN)C(=O)NO)OC.CC. The van der Waals surface area contributed by atoms with Gasteiger partial charge >= 0.3 is 0 Å². The van der Waals surface area contributed by atoms with Crippen LogP contribution in [-0.4, -0.2) is 30.9 Å². The molecule has 0 radical (unpaired) electrons. The average Bonchev–Trinajstić information content (AvgIpc) is 2.52. The van der Waals surface area contributed by atoms with Gasteiger partial charge in [0.1, 0.15) is 0 Å². The summed E-state index contributed by atoms with van der Waals surface area (Å²) in [4.78, 5) is 11.6. The summed E-state index contributed by atoms with van der Waals surface area (Å²) >= 11 is 0. The fourth-order valence-corrected chi connectivity index (χ4v) is 1.87. The van der Waals surface area contributed by atoms with Gasteiger partial charge in [-0.05, 0) is 31.9 Å². The standard InChI is InChI=1S/C14H24N2O3.C2H6/c1-4-6-11(7-5-2)13(19-3)10-12(8-9-15)14(17)16-18;1-2/h4-7,12-13,18H,1,8-10,15H2,2-3H3,(H,16,17);1-2H3/b7-5-,11-6+;. The Morgan fingerprint density at radius 1 is 1.48 bits per heavy atom. The number of ether oxygens (including phenoxy) is 1. The van der Waals surface area contributed by atoms with Gasteiger partial charge in [-0.2, -0.15) is 0 Å². The predicted molar refractivity (Wildman–Crippen MR) is 86.9 cm³/mol. The molecule has 0 aromatic heterocycles. The van der Waals surface area contributed by atoms with Crippen molar-refractivity contribution < 1.29 is 14.7 Å². The van der Waals surface area contributed by atoms with Crippen molar-refractivity contribution in [2.45, 2.75) is 39.7 Å². The minimum atomic E-state index is -0.439. The lowest BCUT2D eigenvalue weighted by atomic mass is 9.93. The van der Waals surface area contributed by atoms with Gasteiger partial charge in [-0.25, -0.2) is 5.48 Å². The molecule has 0 heterocycles. The highest BCUT2D eigenvalue weighted by Crippen LogP contribution is 2.20. The van der Waals surface area contributed by atoms with Gasteiger partial charge in [-0.3, -0.25) is 10.0 Å². The second kappa shape index (κ2) is 15.0. The number of carbonyl (C=O) groups is 1. The topological polar surface area (TPSA) is 84.6 Å². The lowest BCUT2D eigenvalue weighted by Crippen LogP contribution is -2.33. The maximum absolute atomic E-state index is 11.6. The summed E-state index contributed by atoms with van der Waals surface area (Å²) < 4.78 is 5.42. The van der Waals surface area contributed by atoms with Gasteiger partial charge in [0.2, 0.25) is 5.91 Å². The number of rotatable bonds is 9. The molecule has 4 N–H and O–H groups in total. The molecular formula is C16H30N2O3. The van der Waals surface area contributed by atoms with Crippen molar-refractivity contribution in [3.8, 4) is 0 Å². The Bertz CT molecular complexity index is 338. The Hall–Kier alpha value is -1.43. The monoisotopic (exact) mass is 298 g/mol. The second-order valence-corrected chi connectivity index (χ2v) is 4.11. The van der Waals surface area contributed by atoms with Gasteiger partial charge in [0.05, 0.1) is 6.10 Å². The first-order valence-corrected chi connectivity index (χ1v) is 7.26. The molecule has 5 heteroatoms. The molecule has 122 valence electrons. The zero-order valence-corrected chi connectivity index (χ0v) is 13.6. The van der Waals surface area contributed by atoms with E-state index >= 15 is 0 Å². The highest BCUT2D eigenvalue weighted by atomic mass is 16.5. The summed E-state index contributed by atoms with van der Waals surface area (Å²) in [5, 5.41) is 8.74. The summed E-state index contributed by atoms with van der Waals surface area (Å²) in [5.74, 6) is -0.829. The van der Waals surface area contributed by atoms with Gasteiger partial charge in [-0.15, -0.1) is 0 Å². The van der Waals surface area contributed by atoms with Crippen LogP contribution >= 0.6 is 0 Å².